The number of nitrogens with two attached hydrogens (primary N) is 1. The van der Waals surface area contributed by atoms with Crippen LogP contribution in [0.4, 0.5) is 0 Å². The molecule has 2 atom stereocenters. The number of hydrogen-bond donors (Lipinski definition) is 2. The third-order valence-electron chi connectivity index (χ3n) is 13.0. The zero-order valence-electron chi connectivity index (χ0n) is 45.3. The van der Waals surface area contributed by atoms with Crippen molar-refractivity contribution in [2.24, 2.45) is 5.73 Å². The number of hydrogen-bond acceptors (Lipinski definition) is 8. The van der Waals surface area contributed by atoms with Gasteiger partial charge < -0.3 is 20.1 Å². The molecule has 0 saturated carbocycles. The molecule has 10 heteroatoms. The summed E-state index contributed by atoms with van der Waals surface area (Å²) in [6.45, 7) is 3.63. The van der Waals surface area contributed by atoms with Crippen LogP contribution < -0.4 is 5.73 Å². The number of rotatable bonds is 56. The van der Waals surface area contributed by atoms with Gasteiger partial charge in [-0.05, 0) is 44.9 Å². The molecule has 0 rings (SSSR count). The Kier molecular flexibility index (Phi) is 54.1. The molecule has 0 aromatic rings. The van der Waals surface area contributed by atoms with E-state index in [1.165, 1.54) is 205 Å². The fraction of sp³-hybridized carbons (Fsp3) is 0.864. The maximum Gasteiger partial charge on any atom is 0.472 e. The van der Waals surface area contributed by atoms with Crippen LogP contribution in [0, 0.1) is 0 Å². The molecule has 2 unspecified atom stereocenters. The Balaban J connectivity index is 3.76. The molecule has 0 heterocycles. The Labute approximate surface area is 426 Å². The summed E-state index contributed by atoms with van der Waals surface area (Å²) in [5.74, 6) is -0.852. The number of carbonyl (C=O) groups excluding carboxylic acids is 2. The van der Waals surface area contributed by atoms with Gasteiger partial charge in [0.25, 0.3) is 0 Å². The molecule has 0 amide bonds. The Morgan fingerprint density at radius 1 is 0.449 bits per heavy atom. The second-order valence-corrected chi connectivity index (χ2v) is 21.3. The van der Waals surface area contributed by atoms with Crippen molar-refractivity contribution in [3.05, 3.63) is 36.5 Å². The Morgan fingerprint density at radius 3 is 1.19 bits per heavy atom. The van der Waals surface area contributed by atoms with E-state index in [9.17, 15) is 19.0 Å². The van der Waals surface area contributed by atoms with Crippen LogP contribution in [-0.4, -0.2) is 49.3 Å². The van der Waals surface area contributed by atoms with E-state index in [1.807, 2.05) is 0 Å². The van der Waals surface area contributed by atoms with E-state index >= 15 is 0 Å². The molecule has 0 aromatic carbocycles. The molecule has 0 radical (unpaired) electrons. The van der Waals surface area contributed by atoms with Gasteiger partial charge in [0.2, 0.25) is 0 Å². The van der Waals surface area contributed by atoms with Crippen LogP contribution in [-0.2, 0) is 32.7 Å². The van der Waals surface area contributed by atoms with E-state index in [0.29, 0.717) is 6.42 Å². The highest BCUT2D eigenvalue weighted by molar-refractivity contribution is 7.47. The molecule has 9 nitrogen and oxygen atoms in total. The van der Waals surface area contributed by atoms with E-state index in [0.717, 1.165) is 57.8 Å². The summed E-state index contributed by atoms with van der Waals surface area (Å²) in [6.07, 6.45) is 66.8. The van der Waals surface area contributed by atoms with Crippen LogP contribution in [0.2, 0.25) is 0 Å². The topological polar surface area (TPSA) is 134 Å². The maximum atomic E-state index is 12.6. The minimum atomic E-state index is -4.39. The van der Waals surface area contributed by atoms with Crippen molar-refractivity contribution < 1.29 is 37.6 Å². The van der Waals surface area contributed by atoms with Crippen molar-refractivity contribution in [1.82, 2.24) is 0 Å². The highest BCUT2D eigenvalue weighted by Crippen LogP contribution is 2.43. The molecule has 0 spiro atoms. The lowest BCUT2D eigenvalue weighted by Gasteiger charge is -2.19. The smallest absolute Gasteiger partial charge is 0.462 e. The molecule has 69 heavy (non-hydrogen) atoms. The van der Waals surface area contributed by atoms with Crippen LogP contribution in [0.5, 0.6) is 0 Å². The minimum Gasteiger partial charge on any atom is -0.462 e. The van der Waals surface area contributed by atoms with Gasteiger partial charge in [-0.15, -0.1) is 0 Å². The maximum absolute atomic E-state index is 12.6. The van der Waals surface area contributed by atoms with Gasteiger partial charge in [0.1, 0.15) is 6.61 Å². The molecule has 406 valence electrons. The van der Waals surface area contributed by atoms with Crippen LogP contribution in [0.15, 0.2) is 36.5 Å². The highest BCUT2D eigenvalue weighted by Gasteiger charge is 2.26. The first-order valence-electron chi connectivity index (χ1n) is 29.5. The van der Waals surface area contributed by atoms with Crippen molar-refractivity contribution >= 4 is 19.8 Å². The molecule has 0 aliphatic rings. The summed E-state index contributed by atoms with van der Waals surface area (Å²) in [5, 5.41) is 0. The third kappa shape index (κ3) is 55.4. The molecule has 0 aliphatic carbocycles. The minimum absolute atomic E-state index is 0.0491. The summed E-state index contributed by atoms with van der Waals surface area (Å²) in [6, 6.07) is 0. The standard InChI is InChI=1S/C59H112NO8P/c1-3-5-7-9-11-13-15-17-18-19-20-21-22-23-24-25-26-27-28-29-30-31-32-33-34-35-36-37-38-40-41-43-45-47-49-51-58(61)65-55-57(56-67-69(63,64)66-54-53-60)68-59(62)52-50-48-46-44-42-39-16-14-12-10-8-6-4-2/h6,8,12,14,39,42,57H,3-5,7,9-11,13,15-38,40-41,43-56,60H2,1-2H3,(H,63,64)/b8-6-,14-12-,42-39-. The predicted molar refractivity (Wildman–Crippen MR) is 294 cm³/mol. The zero-order valence-corrected chi connectivity index (χ0v) is 46.2. The van der Waals surface area contributed by atoms with Gasteiger partial charge in [-0.25, -0.2) is 4.57 Å². The van der Waals surface area contributed by atoms with Gasteiger partial charge in [0, 0.05) is 19.4 Å². The van der Waals surface area contributed by atoms with Crippen molar-refractivity contribution in [2.75, 3.05) is 26.4 Å². The Morgan fingerprint density at radius 2 is 0.797 bits per heavy atom. The molecule has 0 aliphatic heterocycles. The summed E-state index contributed by atoms with van der Waals surface area (Å²) in [7, 11) is -4.39. The molecule has 0 bridgehead atoms. The Bertz CT molecular complexity index is 1220. The van der Waals surface area contributed by atoms with Crippen molar-refractivity contribution in [3.63, 3.8) is 0 Å². The number of allylic oxidation sites excluding steroid dienone is 6. The molecule has 3 N–H and O–H groups in total. The number of unbranched alkanes of at least 4 members (excludes halogenated alkanes) is 37. The van der Waals surface area contributed by atoms with Crippen molar-refractivity contribution in [1.29, 1.82) is 0 Å². The molecule has 0 saturated heterocycles. The van der Waals surface area contributed by atoms with E-state index in [2.05, 4.69) is 50.3 Å². The van der Waals surface area contributed by atoms with E-state index in [-0.39, 0.29) is 38.6 Å². The molecular weight excluding hydrogens is 882 g/mol. The van der Waals surface area contributed by atoms with Gasteiger partial charge in [0.15, 0.2) is 6.10 Å². The quantitative estimate of drug-likeness (QED) is 0.0264. The summed E-state index contributed by atoms with van der Waals surface area (Å²) >= 11 is 0. The fourth-order valence-electron chi connectivity index (χ4n) is 8.71. The van der Waals surface area contributed by atoms with Crippen LogP contribution in [0.3, 0.4) is 0 Å². The van der Waals surface area contributed by atoms with Crippen LogP contribution in [0.1, 0.15) is 296 Å². The number of phosphoric ester groups is 1. The van der Waals surface area contributed by atoms with Crippen molar-refractivity contribution in [3.8, 4) is 0 Å². The average molecular weight is 995 g/mol. The molecular formula is C59H112NO8P. The number of phosphoric acid groups is 1. The third-order valence-corrected chi connectivity index (χ3v) is 14.0. The molecule has 0 aromatic heterocycles. The van der Waals surface area contributed by atoms with Crippen molar-refractivity contribution in [2.45, 2.75) is 302 Å². The predicted octanol–water partition coefficient (Wildman–Crippen LogP) is 18.4. The van der Waals surface area contributed by atoms with Gasteiger partial charge in [-0.1, -0.05) is 275 Å². The van der Waals surface area contributed by atoms with Crippen LogP contribution in [0.25, 0.3) is 0 Å². The first-order chi connectivity index (χ1) is 33.8. The molecule has 0 fully saturated rings. The van der Waals surface area contributed by atoms with E-state index in [4.69, 9.17) is 24.3 Å². The van der Waals surface area contributed by atoms with Gasteiger partial charge in [-0.2, -0.15) is 0 Å². The normalized spacial score (nSPS) is 13.3. The lowest BCUT2D eigenvalue weighted by atomic mass is 10.0. The Hall–Kier alpha value is -1.77. The largest absolute Gasteiger partial charge is 0.472 e. The number of carbonyl (C=O) groups is 2. The first kappa shape index (κ1) is 67.2. The SMILES string of the molecule is CC/C=C\C/C=C\C/C=C\CCCCCC(=O)OC(COC(=O)CCCCCCCCCCCCCCCCCCCCCCCCCCCCCCCCCCCCC)COP(=O)(O)OCCN. The summed E-state index contributed by atoms with van der Waals surface area (Å²) < 4.78 is 32.9. The van der Waals surface area contributed by atoms with Gasteiger partial charge in [0.05, 0.1) is 13.2 Å². The lowest BCUT2D eigenvalue weighted by Crippen LogP contribution is -2.29. The number of esters is 2. The van der Waals surface area contributed by atoms with E-state index in [1.54, 1.807) is 0 Å². The first-order valence-corrected chi connectivity index (χ1v) is 31.0. The number of ether oxygens (including phenoxy) is 2. The fourth-order valence-corrected chi connectivity index (χ4v) is 9.48. The van der Waals surface area contributed by atoms with E-state index < -0.39 is 26.5 Å². The second-order valence-electron chi connectivity index (χ2n) is 19.8. The highest BCUT2D eigenvalue weighted by atomic mass is 31.2. The van der Waals surface area contributed by atoms with Crippen LogP contribution >= 0.6 is 7.82 Å². The van der Waals surface area contributed by atoms with Gasteiger partial charge in [-0.3, -0.25) is 18.6 Å². The lowest BCUT2D eigenvalue weighted by molar-refractivity contribution is -0.161. The average Bonchev–Trinajstić information content (AvgIpc) is 3.34. The monoisotopic (exact) mass is 994 g/mol. The van der Waals surface area contributed by atoms with Gasteiger partial charge >= 0.3 is 19.8 Å². The second kappa shape index (κ2) is 55.5. The summed E-state index contributed by atoms with van der Waals surface area (Å²) in [5.41, 5.74) is 5.36. The zero-order chi connectivity index (χ0) is 50.2. The summed E-state index contributed by atoms with van der Waals surface area (Å²) in [4.78, 5) is 35.0.